The van der Waals surface area contributed by atoms with Crippen molar-refractivity contribution in [1.29, 1.82) is 0 Å². The summed E-state index contributed by atoms with van der Waals surface area (Å²) in [7, 11) is 0. The quantitative estimate of drug-likeness (QED) is 0.683. The van der Waals surface area contributed by atoms with E-state index in [1.165, 1.54) is 31.1 Å². The molecule has 0 amide bonds. The first kappa shape index (κ1) is 16.7. The Morgan fingerprint density at radius 3 is 2.25 bits per heavy atom. The molecule has 0 aliphatic carbocycles. The molecule has 3 heteroatoms. The molecule has 0 saturated heterocycles. The van der Waals surface area contributed by atoms with Crippen molar-refractivity contribution in [1.82, 2.24) is 4.98 Å². The van der Waals surface area contributed by atoms with Crippen LogP contribution in [-0.2, 0) is 14.2 Å². The second-order valence-corrected chi connectivity index (χ2v) is 5.82. The van der Waals surface area contributed by atoms with Crippen molar-refractivity contribution in [2.75, 3.05) is 0 Å². The monoisotopic (exact) mass is 313 g/mol. The smallest absolute Gasteiger partial charge is 0.0267 e. The summed E-state index contributed by atoms with van der Waals surface area (Å²) < 4.78 is 4.58. The molecule has 0 atom stereocenters. The zero-order chi connectivity index (χ0) is 14.8. The number of hydrogen-bond acceptors (Lipinski definition) is 2. The van der Waals surface area contributed by atoms with Gasteiger partial charge in [0.25, 0.3) is 0 Å². The van der Waals surface area contributed by atoms with Crippen molar-refractivity contribution in [2.24, 2.45) is 4.03 Å². The number of nitrogens with zero attached hydrogens (tertiary/aromatic N) is 2. The zero-order valence-electron chi connectivity index (χ0n) is 12.6. The molecular formula is C17H23N2Ni. The van der Waals surface area contributed by atoms with Crippen LogP contribution in [0.3, 0.4) is 0 Å². The van der Waals surface area contributed by atoms with Crippen molar-refractivity contribution in [3.63, 3.8) is 0 Å². The van der Waals surface area contributed by atoms with E-state index in [1.807, 2.05) is 18.2 Å². The molecule has 2 rings (SSSR count). The molecule has 1 aromatic heterocycles. The Bertz CT molecular complexity index is 495. The summed E-state index contributed by atoms with van der Waals surface area (Å²) in [5.41, 5.74) is 3.82. The van der Waals surface area contributed by atoms with Gasteiger partial charge in [-0.1, -0.05) is 6.07 Å². The van der Waals surface area contributed by atoms with Crippen LogP contribution in [0.25, 0.3) is 0 Å². The standard InChI is InChI=1S/C10H13N.C5H5N.C2H5.Ni/c1-7(2)9-6-4-5-8(3)10(9)11;1-2-4-6-5-3-1;1-2;/h4-7H,1-3H3;1-5H;1H2,2H3;. The molecule has 0 bridgehead atoms. The van der Waals surface area contributed by atoms with Gasteiger partial charge in [-0.25, -0.2) is 0 Å². The molecule has 0 spiro atoms. The summed E-state index contributed by atoms with van der Waals surface area (Å²) in [6.07, 6.45) is 3.50. The van der Waals surface area contributed by atoms with Crippen LogP contribution in [0.5, 0.6) is 0 Å². The van der Waals surface area contributed by atoms with Gasteiger partial charge in [0.2, 0.25) is 0 Å². The first-order chi connectivity index (χ1) is 9.66. The molecule has 0 radical (unpaired) electrons. The number of aromatic nitrogens is 1. The van der Waals surface area contributed by atoms with Gasteiger partial charge in [-0.05, 0) is 12.1 Å². The first-order valence-corrected chi connectivity index (χ1v) is 7.97. The average molecular weight is 314 g/mol. The Morgan fingerprint density at radius 1 is 1.10 bits per heavy atom. The van der Waals surface area contributed by atoms with Crippen molar-refractivity contribution < 1.29 is 14.2 Å². The molecule has 0 N–H and O–H groups in total. The number of rotatable bonds is 3. The molecule has 0 saturated carbocycles. The van der Waals surface area contributed by atoms with E-state index >= 15 is 0 Å². The van der Waals surface area contributed by atoms with Crippen molar-refractivity contribution in [2.45, 2.75) is 39.0 Å². The summed E-state index contributed by atoms with van der Waals surface area (Å²) in [6.45, 7) is 8.70. The van der Waals surface area contributed by atoms with Crippen LogP contribution in [0, 0.1) is 6.92 Å². The SMILES string of the molecule is C[CH2]/[Ni]=[N]/c1c(C)cccc1C(C)C.c1ccncc1. The molecule has 2 nitrogen and oxygen atoms in total. The Hall–Kier alpha value is -1.34. The number of aryl methyl sites for hydroxylation is 1. The Morgan fingerprint density at radius 2 is 1.80 bits per heavy atom. The summed E-state index contributed by atoms with van der Waals surface area (Å²) in [6, 6.07) is 12.1. The third-order valence-electron chi connectivity index (χ3n) is 2.68. The van der Waals surface area contributed by atoms with Crippen LogP contribution < -0.4 is 0 Å². The molecule has 111 valence electrons. The maximum atomic E-state index is 4.58. The Balaban J connectivity index is 0.000000276. The second-order valence-electron chi connectivity index (χ2n) is 4.59. The molecule has 0 fully saturated rings. The predicted octanol–water partition coefficient (Wildman–Crippen LogP) is 5.54. The van der Waals surface area contributed by atoms with Crippen LogP contribution in [0.2, 0.25) is 5.39 Å². The number of benzene rings is 1. The van der Waals surface area contributed by atoms with E-state index in [1.54, 1.807) is 12.4 Å². The van der Waals surface area contributed by atoms with E-state index in [-0.39, 0.29) is 0 Å². The molecule has 1 heterocycles. The Kier molecular flexibility index (Phi) is 7.98. The third-order valence-corrected chi connectivity index (χ3v) is 3.37. The minimum absolute atomic E-state index is 0.551. The molecule has 2 aromatic rings. The summed E-state index contributed by atoms with van der Waals surface area (Å²) in [4.78, 5) is 3.78. The normalized spacial score (nSPS) is 11.2. The summed E-state index contributed by atoms with van der Waals surface area (Å²) in [5, 5.41) is 1.05. The van der Waals surface area contributed by atoms with Crippen LogP contribution in [0.1, 0.15) is 37.8 Å². The molecule has 20 heavy (non-hydrogen) atoms. The van der Waals surface area contributed by atoms with Gasteiger partial charge < -0.3 is 0 Å². The van der Waals surface area contributed by atoms with Gasteiger partial charge in [-0.15, -0.1) is 0 Å². The molecular weight excluding hydrogens is 291 g/mol. The maximum absolute atomic E-state index is 4.58. The molecule has 0 unspecified atom stereocenters. The number of hydrogen-bond donors (Lipinski definition) is 0. The molecule has 0 aliphatic rings. The maximum Gasteiger partial charge on any atom is 0.0267 e. The van der Waals surface area contributed by atoms with Crippen molar-refractivity contribution in [3.05, 3.63) is 59.9 Å². The van der Waals surface area contributed by atoms with Crippen molar-refractivity contribution >= 4 is 5.69 Å². The average Bonchev–Trinajstić information content (AvgIpc) is 2.48. The minimum atomic E-state index is 0.551. The van der Waals surface area contributed by atoms with E-state index in [0.717, 1.165) is 5.39 Å². The van der Waals surface area contributed by atoms with E-state index < -0.39 is 0 Å². The van der Waals surface area contributed by atoms with E-state index in [0.29, 0.717) is 5.92 Å². The van der Waals surface area contributed by atoms with Crippen LogP contribution >= 0.6 is 0 Å². The van der Waals surface area contributed by atoms with E-state index in [9.17, 15) is 0 Å². The summed E-state index contributed by atoms with van der Waals surface area (Å²) in [5.74, 6) is 0.551. The van der Waals surface area contributed by atoms with Gasteiger partial charge in [0, 0.05) is 12.4 Å². The molecule has 1 aromatic carbocycles. The van der Waals surface area contributed by atoms with Gasteiger partial charge in [0.1, 0.15) is 0 Å². The zero-order valence-corrected chi connectivity index (χ0v) is 13.6. The van der Waals surface area contributed by atoms with Gasteiger partial charge >= 0.3 is 92.3 Å². The van der Waals surface area contributed by atoms with Crippen molar-refractivity contribution in [3.8, 4) is 0 Å². The largest absolute Gasteiger partial charge is 0.265 e. The first-order valence-electron chi connectivity index (χ1n) is 6.83. The summed E-state index contributed by atoms with van der Waals surface area (Å²) >= 11 is 1.46. The second kappa shape index (κ2) is 9.55. The third kappa shape index (κ3) is 5.75. The fraction of sp³-hybridized carbons (Fsp3) is 0.353. The topological polar surface area (TPSA) is 25.2 Å². The Labute approximate surface area is 128 Å². The van der Waals surface area contributed by atoms with E-state index in [4.69, 9.17) is 0 Å². The van der Waals surface area contributed by atoms with Crippen LogP contribution in [-0.4, -0.2) is 4.98 Å². The fourth-order valence-corrected chi connectivity index (χ4v) is 2.27. The number of pyridine rings is 1. The van der Waals surface area contributed by atoms with Crippen LogP contribution in [0.15, 0.2) is 52.8 Å². The predicted molar refractivity (Wildman–Crippen MR) is 82.1 cm³/mol. The minimum Gasteiger partial charge on any atom is -0.265 e. The van der Waals surface area contributed by atoms with Gasteiger partial charge in [-0.3, -0.25) is 4.98 Å². The van der Waals surface area contributed by atoms with Gasteiger partial charge in [0.15, 0.2) is 0 Å². The van der Waals surface area contributed by atoms with E-state index in [2.05, 4.69) is 54.9 Å². The van der Waals surface area contributed by atoms with Gasteiger partial charge in [-0.2, -0.15) is 0 Å². The van der Waals surface area contributed by atoms with Gasteiger partial charge in [0.05, 0.1) is 0 Å². The molecule has 0 aliphatic heterocycles. The van der Waals surface area contributed by atoms with Crippen LogP contribution in [0.4, 0.5) is 5.69 Å². The fourth-order valence-electron chi connectivity index (χ4n) is 1.66.